The van der Waals surface area contributed by atoms with Gasteiger partial charge in [-0.05, 0) is 37.0 Å². The lowest BCUT2D eigenvalue weighted by molar-refractivity contribution is -0.118. The zero-order valence-corrected chi connectivity index (χ0v) is 20.4. The lowest BCUT2D eigenvalue weighted by Crippen LogP contribution is -2.45. The summed E-state index contributed by atoms with van der Waals surface area (Å²) in [5.74, 6) is -0.215. The molecular weight excluding hydrogens is 453 g/mol. The van der Waals surface area contributed by atoms with Crippen LogP contribution in [0.2, 0.25) is 10.0 Å². The third kappa shape index (κ3) is 6.37. The molecule has 2 rings (SSSR count). The first kappa shape index (κ1) is 26.0. The number of rotatable bonds is 10. The minimum Gasteiger partial charge on any atom is -0.383 e. The standard InChI is InChI=1S/C22H31Cl2N5O3/c1-5-6-9-28(19-20(25)29(12-13(2)3)22(32)27-21(19)31)18(30)11-26-14(4)16-8-7-15(23)10-17(16)24/h7-8,10,13-14,26H,5-6,9,11-12,25H2,1-4H3,(H,27,31,32)/t14-/m1/s1. The number of anilines is 2. The maximum atomic E-state index is 13.2. The molecule has 0 aliphatic rings. The van der Waals surface area contributed by atoms with E-state index in [1.807, 2.05) is 27.7 Å². The first-order valence-electron chi connectivity index (χ1n) is 10.7. The second-order valence-corrected chi connectivity index (χ2v) is 9.01. The molecule has 8 nitrogen and oxygen atoms in total. The highest BCUT2D eigenvalue weighted by Crippen LogP contribution is 2.26. The Morgan fingerprint density at radius 2 is 1.94 bits per heavy atom. The van der Waals surface area contributed by atoms with Gasteiger partial charge in [-0.2, -0.15) is 0 Å². The predicted molar refractivity (Wildman–Crippen MR) is 131 cm³/mol. The molecule has 1 heterocycles. The summed E-state index contributed by atoms with van der Waals surface area (Å²) in [6, 6.07) is 4.94. The number of amides is 1. The van der Waals surface area contributed by atoms with Gasteiger partial charge in [-0.25, -0.2) is 4.79 Å². The molecule has 2 aromatic rings. The van der Waals surface area contributed by atoms with E-state index < -0.39 is 11.2 Å². The molecule has 176 valence electrons. The summed E-state index contributed by atoms with van der Waals surface area (Å²) in [6.07, 6.45) is 1.49. The number of halogens is 2. The van der Waals surface area contributed by atoms with Crippen molar-refractivity contribution in [3.05, 3.63) is 54.6 Å². The van der Waals surface area contributed by atoms with Crippen LogP contribution in [0.4, 0.5) is 11.5 Å². The Morgan fingerprint density at radius 1 is 1.25 bits per heavy atom. The van der Waals surface area contributed by atoms with Crippen LogP contribution in [0.5, 0.6) is 0 Å². The Balaban J connectivity index is 2.32. The number of benzene rings is 1. The summed E-state index contributed by atoms with van der Waals surface area (Å²) >= 11 is 12.2. The molecule has 10 heteroatoms. The van der Waals surface area contributed by atoms with Gasteiger partial charge in [0.15, 0.2) is 5.69 Å². The number of nitrogen functional groups attached to an aromatic ring is 1. The van der Waals surface area contributed by atoms with Gasteiger partial charge in [0.2, 0.25) is 5.91 Å². The fourth-order valence-corrected chi connectivity index (χ4v) is 3.93. The lowest BCUT2D eigenvalue weighted by atomic mass is 10.1. The van der Waals surface area contributed by atoms with Gasteiger partial charge < -0.3 is 16.0 Å². The summed E-state index contributed by atoms with van der Waals surface area (Å²) in [5, 5.41) is 4.16. The highest BCUT2D eigenvalue weighted by Gasteiger charge is 2.24. The van der Waals surface area contributed by atoms with Crippen molar-refractivity contribution < 1.29 is 4.79 Å². The van der Waals surface area contributed by atoms with Gasteiger partial charge in [0.05, 0.1) is 6.54 Å². The lowest BCUT2D eigenvalue weighted by Gasteiger charge is -2.26. The van der Waals surface area contributed by atoms with Gasteiger partial charge in [0.1, 0.15) is 5.82 Å². The van der Waals surface area contributed by atoms with Crippen molar-refractivity contribution in [2.45, 2.75) is 53.1 Å². The quantitative estimate of drug-likeness (QED) is 0.477. The molecule has 0 saturated carbocycles. The van der Waals surface area contributed by atoms with Crippen LogP contribution < -0.4 is 27.2 Å². The monoisotopic (exact) mass is 483 g/mol. The minimum atomic E-state index is -0.675. The molecule has 32 heavy (non-hydrogen) atoms. The Bertz CT molecular complexity index is 1060. The summed E-state index contributed by atoms with van der Waals surface area (Å²) in [6.45, 7) is 8.32. The van der Waals surface area contributed by atoms with Gasteiger partial charge >= 0.3 is 5.69 Å². The zero-order chi connectivity index (χ0) is 24.0. The van der Waals surface area contributed by atoms with Crippen molar-refractivity contribution in [2.75, 3.05) is 23.7 Å². The van der Waals surface area contributed by atoms with E-state index in [4.69, 9.17) is 28.9 Å². The average molecular weight is 484 g/mol. The normalized spacial score (nSPS) is 12.2. The minimum absolute atomic E-state index is 0.00248. The molecule has 0 fully saturated rings. The van der Waals surface area contributed by atoms with Gasteiger partial charge in [-0.15, -0.1) is 0 Å². The first-order chi connectivity index (χ1) is 15.1. The van der Waals surface area contributed by atoms with Gasteiger partial charge in [0, 0.05) is 29.2 Å². The van der Waals surface area contributed by atoms with E-state index in [0.717, 1.165) is 12.0 Å². The van der Waals surface area contributed by atoms with E-state index in [2.05, 4.69) is 10.3 Å². The van der Waals surface area contributed by atoms with Crippen LogP contribution in [0, 0.1) is 5.92 Å². The third-order valence-corrected chi connectivity index (χ3v) is 5.62. The van der Waals surface area contributed by atoms with E-state index in [1.54, 1.807) is 18.2 Å². The van der Waals surface area contributed by atoms with Crippen molar-refractivity contribution in [1.29, 1.82) is 0 Å². The summed E-state index contributed by atoms with van der Waals surface area (Å²) < 4.78 is 1.30. The Morgan fingerprint density at radius 3 is 2.53 bits per heavy atom. The molecule has 1 amide bonds. The van der Waals surface area contributed by atoms with E-state index >= 15 is 0 Å². The molecule has 1 atom stereocenters. The molecule has 0 unspecified atom stereocenters. The van der Waals surface area contributed by atoms with Crippen LogP contribution in [0.3, 0.4) is 0 Å². The van der Waals surface area contributed by atoms with Gasteiger partial charge in [-0.3, -0.25) is 19.1 Å². The summed E-state index contributed by atoms with van der Waals surface area (Å²) in [7, 11) is 0. The van der Waals surface area contributed by atoms with Gasteiger partial charge in [0.25, 0.3) is 5.56 Å². The largest absolute Gasteiger partial charge is 0.383 e. The van der Waals surface area contributed by atoms with Crippen LogP contribution in [-0.4, -0.2) is 28.5 Å². The first-order valence-corrected chi connectivity index (χ1v) is 11.4. The Labute approximate surface area is 197 Å². The van der Waals surface area contributed by atoms with Gasteiger partial charge in [-0.1, -0.05) is 56.5 Å². The van der Waals surface area contributed by atoms with Crippen LogP contribution in [0.15, 0.2) is 27.8 Å². The Kier molecular flexibility index (Phi) is 9.36. The molecule has 0 aliphatic carbocycles. The number of hydrogen-bond acceptors (Lipinski definition) is 5. The van der Waals surface area contributed by atoms with Crippen molar-refractivity contribution in [3.63, 3.8) is 0 Å². The van der Waals surface area contributed by atoms with Crippen molar-refractivity contribution in [3.8, 4) is 0 Å². The molecule has 0 radical (unpaired) electrons. The fourth-order valence-electron chi connectivity index (χ4n) is 3.36. The molecule has 0 aliphatic heterocycles. The Hall–Kier alpha value is -2.29. The van der Waals surface area contributed by atoms with E-state index in [-0.39, 0.29) is 35.9 Å². The molecule has 4 N–H and O–H groups in total. The number of aromatic nitrogens is 2. The number of unbranched alkanes of at least 4 members (excludes halogenated alkanes) is 1. The van der Waals surface area contributed by atoms with Crippen LogP contribution in [-0.2, 0) is 11.3 Å². The SMILES string of the molecule is CCCCN(C(=O)CN[C@H](C)c1ccc(Cl)cc1Cl)c1c(N)n(CC(C)C)c(=O)[nH]c1=O. The molecule has 1 aromatic heterocycles. The second kappa shape index (κ2) is 11.5. The predicted octanol–water partition coefficient (Wildman–Crippen LogP) is 3.57. The van der Waals surface area contributed by atoms with Crippen LogP contribution in [0.1, 0.15) is 52.1 Å². The number of carbonyl (C=O) groups is 1. The summed E-state index contributed by atoms with van der Waals surface area (Å²) in [4.78, 5) is 41.7. The number of carbonyl (C=O) groups excluding carboxylic acids is 1. The smallest absolute Gasteiger partial charge is 0.330 e. The number of aromatic amines is 1. The van der Waals surface area contributed by atoms with E-state index in [9.17, 15) is 14.4 Å². The molecular formula is C22H31Cl2N5O3. The summed E-state index contributed by atoms with van der Waals surface area (Å²) in [5.41, 5.74) is 5.76. The number of nitrogens with zero attached hydrogens (tertiary/aromatic N) is 2. The molecule has 0 saturated heterocycles. The molecule has 0 spiro atoms. The maximum Gasteiger partial charge on any atom is 0.330 e. The topological polar surface area (TPSA) is 113 Å². The van der Waals surface area contributed by atoms with E-state index in [1.165, 1.54) is 9.47 Å². The highest BCUT2D eigenvalue weighted by molar-refractivity contribution is 6.35. The van der Waals surface area contributed by atoms with Crippen molar-refractivity contribution >= 4 is 40.6 Å². The number of hydrogen-bond donors (Lipinski definition) is 3. The average Bonchev–Trinajstić information content (AvgIpc) is 2.71. The van der Waals surface area contributed by atoms with Crippen LogP contribution >= 0.6 is 23.2 Å². The number of nitrogens with two attached hydrogens (primary N) is 1. The second-order valence-electron chi connectivity index (χ2n) is 8.16. The van der Waals surface area contributed by atoms with Crippen molar-refractivity contribution in [1.82, 2.24) is 14.9 Å². The van der Waals surface area contributed by atoms with Crippen molar-refractivity contribution in [2.24, 2.45) is 5.92 Å². The zero-order valence-electron chi connectivity index (χ0n) is 18.9. The number of nitrogens with one attached hydrogen (secondary N) is 2. The molecule has 1 aromatic carbocycles. The molecule has 0 bridgehead atoms. The van der Waals surface area contributed by atoms with Crippen LogP contribution in [0.25, 0.3) is 0 Å². The fraction of sp³-hybridized carbons (Fsp3) is 0.500. The maximum absolute atomic E-state index is 13.2. The highest BCUT2D eigenvalue weighted by atomic mass is 35.5. The third-order valence-electron chi connectivity index (χ3n) is 5.06. The van der Waals surface area contributed by atoms with E-state index in [0.29, 0.717) is 29.6 Å². The number of H-pyrrole nitrogens is 1.